The molecule has 0 amide bonds. The van der Waals surface area contributed by atoms with Crippen molar-refractivity contribution in [3.05, 3.63) is 36.7 Å². The second-order valence-electron chi connectivity index (χ2n) is 4.38. The summed E-state index contributed by atoms with van der Waals surface area (Å²) in [4.78, 5) is 16.9. The third-order valence-electron chi connectivity index (χ3n) is 2.79. The lowest BCUT2D eigenvalue weighted by molar-refractivity contribution is 0.767. The Bertz CT molecular complexity index is 716. The molecule has 0 radical (unpaired) electrons. The van der Waals surface area contributed by atoms with Gasteiger partial charge >= 0.3 is 0 Å². The first-order chi connectivity index (χ1) is 10.2. The molecule has 0 aliphatic rings. The average Bonchev–Trinajstić information content (AvgIpc) is 3.16. The number of imidazole rings is 1. The Balaban J connectivity index is 1.82. The molecule has 0 bridgehead atoms. The van der Waals surface area contributed by atoms with Gasteiger partial charge in [0.2, 0.25) is 17.8 Å². The Labute approximate surface area is 121 Å². The molecule has 2 N–H and O–H groups in total. The van der Waals surface area contributed by atoms with E-state index in [1.807, 2.05) is 13.2 Å². The van der Waals surface area contributed by atoms with Crippen molar-refractivity contribution in [1.29, 1.82) is 0 Å². The number of hydrogen-bond acceptors (Lipinski definition) is 7. The molecule has 21 heavy (non-hydrogen) atoms. The monoisotopic (exact) mass is 285 g/mol. The van der Waals surface area contributed by atoms with Gasteiger partial charge in [-0.2, -0.15) is 20.1 Å². The Hall–Kier alpha value is -2.97. The van der Waals surface area contributed by atoms with Crippen LogP contribution in [-0.2, 0) is 13.6 Å². The number of nitrogens with one attached hydrogen (secondary N) is 2. The Kier molecular flexibility index (Phi) is 3.46. The lowest BCUT2D eigenvalue weighted by atomic mass is 10.4. The second kappa shape index (κ2) is 5.57. The molecule has 3 aromatic heterocycles. The fourth-order valence-electron chi connectivity index (χ4n) is 1.79. The quantitative estimate of drug-likeness (QED) is 0.702. The van der Waals surface area contributed by atoms with Crippen LogP contribution < -0.4 is 10.6 Å². The van der Waals surface area contributed by atoms with Crippen LogP contribution in [0.4, 0.5) is 11.9 Å². The summed E-state index contributed by atoms with van der Waals surface area (Å²) >= 11 is 0. The van der Waals surface area contributed by atoms with Crippen molar-refractivity contribution in [2.24, 2.45) is 7.05 Å². The summed E-state index contributed by atoms with van der Waals surface area (Å²) in [6.45, 7) is 0.588. The summed E-state index contributed by atoms with van der Waals surface area (Å²) in [6, 6.07) is 0. The predicted octanol–water partition coefficient (Wildman–Crippen LogP) is 0.445. The highest BCUT2D eigenvalue weighted by Crippen LogP contribution is 2.10. The number of nitrogens with zero attached hydrogens (tertiary/aromatic N) is 7. The summed E-state index contributed by atoms with van der Waals surface area (Å²) in [7, 11) is 3.64. The van der Waals surface area contributed by atoms with Crippen LogP contribution in [-0.4, -0.2) is 41.3 Å². The molecule has 0 fully saturated rings. The minimum atomic E-state index is 0.488. The second-order valence-corrected chi connectivity index (χ2v) is 4.38. The van der Waals surface area contributed by atoms with Gasteiger partial charge in [-0.05, 0) is 0 Å². The van der Waals surface area contributed by atoms with Gasteiger partial charge in [-0.3, -0.25) is 9.25 Å². The molecular weight excluding hydrogens is 270 g/mol. The molecule has 3 rings (SSSR count). The lowest BCUT2D eigenvalue weighted by Crippen LogP contribution is -2.10. The zero-order valence-electron chi connectivity index (χ0n) is 11.7. The van der Waals surface area contributed by atoms with E-state index in [-0.39, 0.29) is 0 Å². The van der Waals surface area contributed by atoms with Gasteiger partial charge in [0.05, 0.1) is 6.20 Å². The fraction of sp³-hybridized carbons (Fsp3) is 0.250. The van der Waals surface area contributed by atoms with Gasteiger partial charge in [0.1, 0.15) is 6.33 Å². The van der Waals surface area contributed by atoms with Crippen molar-refractivity contribution in [2.75, 3.05) is 17.7 Å². The number of hydrogen-bond donors (Lipinski definition) is 2. The van der Waals surface area contributed by atoms with Gasteiger partial charge in [-0.1, -0.05) is 0 Å². The van der Waals surface area contributed by atoms with Crippen molar-refractivity contribution in [3.8, 4) is 5.95 Å². The number of rotatable bonds is 5. The average molecular weight is 285 g/mol. The topological polar surface area (TPSA) is 98.4 Å². The standard InChI is InChI=1S/C12H15N9/c1-13-10-17-11(15-5-9-6-16-20(2)7-9)19-12(18-10)21-4-3-14-8-21/h3-4,6-8H,5H2,1-2H3,(H2,13,15,17,18,19). The molecule has 0 saturated heterocycles. The van der Waals surface area contributed by atoms with Gasteiger partial charge in [0.25, 0.3) is 0 Å². The molecule has 108 valence electrons. The third kappa shape index (κ3) is 2.96. The highest BCUT2D eigenvalue weighted by atomic mass is 15.3. The smallest absolute Gasteiger partial charge is 0.241 e. The third-order valence-corrected chi connectivity index (χ3v) is 2.79. The van der Waals surface area contributed by atoms with E-state index >= 15 is 0 Å². The van der Waals surface area contributed by atoms with Crippen LogP contribution in [0.5, 0.6) is 0 Å². The SMILES string of the molecule is CNc1nc(NCc2cnn(C)c2)nc(-n2ccnc2)n1. The van der Waals surface area contributed by atoms with Crippen LogP contribution >= 0.6 is 0 Å². The van der Waals surface area contributed by atoms with E-state index in [1.165, 1.54) is 0 Å². The van der Waals surface area contributed by atoms with Gasteiger partial charge < -0.3 is 10.6 Å². The minimum Gasteiger partial charge on any atom is -0.357 e. The molecule has 3 aromatic rings. The minimum absolute atomic E-state index is 0.488. The van der Waals surface area contributed by atoms with Gasteiger partial charge in [0.15, 0.2) is 0 Å². The Morgan fingerprint density at radius 1 is 1.19 bits per heavy atom. The summed E-state index contributed by atoms with van der Waals surface area (Å²) in [5.74, 6) is 1.48. The molecule has 9 heteroatoms. The Morgan fingerprint density at radius 2 is 2.05 bits per heavy atom. The van der Waals surface area contributed by atoms with Crippen molar-refractivity contribution < 1.29 is 0 Å². The van der Waals surface area contributed by atoms with Crippen LogP contribution in [0.25, 0.3) is 5.95 Å². The number of aromatic nitrogens is 7. The van der Waals surface area contributed by atoms with Gasteiger partial charge in [0, 0.05) is 44.8 Å². The molecule has 3 heterocycles. The number of aryl methyl sites for hydroxylation is 1. The zero-order chi connectivity index (χ0) is 14.7. The van der Waals surface area contributed by atoms with Crippen molar-refractivity contribution >= 4 is 11.9 Å². The molecule has 0 aromatic carbocycles. The first kappa shape index (κ1) is 13.0. The predicted molar refractivity (Wildman–Crippen MR) is 77.0 cm³/mol. The fourth-order valence-corrected chi connectivity index (χ4v) is 1.79. The van der Waals surface area contributed by atoms with Crippen LogP contribution in [0.15, 0.2) is 31.1 Å². The molecule has 0 saturated carbocycles. The first-order valence-corrected chi connectivity index (χ1v) is 6.38. The van der Waals surface area contributed by atoms with Gasteiger partial charge in [-0.25, -0.2) is 4.98 Å². The highest BCUT2D eigenvalue weighted by molar-refractivity contribution is 5.38. The summed E-state index contributed by atoms with van der Waals surface area (Å²) < 4.78 is 3.47. The first-order valence-electron chi connectivity index (χ1n) is 6.38. The molecule has 9 nitrogen and oxygen atoms in total. The van der Waals surface area contributed by atoms with Crippen molar-refractivity contribution in [1.82, 2.24) is 34.3 Å². The number of anilines is 2. The molecule has 0 spiro atoms. The van der Waals surface area contributed by atoms with Crippen molar-refractivity contribution in [3.63, 3.8) is 0 Å². The van der Waals surface area contributed by atoms with Gasteiger partial charge in [-0.15, -0.1) is 0 Å². The lowest BCUT2D eigenvalue weighted by Gasteiger charge is -2.08. The van der Waals surface area contributed by atoms with Crippen LogP contribution in [0.2, 0.25) is 0 Å². The van der Waals surface area contributed by atoms with Crippen LogP contribution in [0.3, 0.4) is 0 Å². The van der Waals surface area contributed by atoms with E-state index in [9.17, 15) is 0 Å². The van der Waals surface area contributed by atoms with E-state index in [1.54, 1.807) is 41.2 Å². The molecule has 0 aliphatic carbocycles. The molecule has 0 aliphatic heterocycles. The van der Waals surface area contributed by atoms with E-state index in [0.717, 1.165) is 5.56 Å². The molecule has 0 atom stereocenters. The summed E-state index contributed by atoms with van der Waals surface area (Å²) in [5.41, 5.74) is 1.05. The normalized spacial score (nSPS) is 10.6. The van der Waals surface area contributed by atoms with Crippen LogP contribution in [0, 0.1) is 0 Å². The maximum atomic E-state index is 4.37. The largest absolute Gasteiger partial charge is 0.357 e. The summed E-state index contributed by atoms with van der Waals surface area (Å²) in [5, 5.41) is 10.2. The summed E-state index contributed by atoms with van der Waals surface area (Å²) in [6.07, 6.45) is 8.82. The van der Waals surface area contributed by atoms with E-state index in [0.29, 0.717) is 24.4 Å². The van der Waals surface area contributed by atoms with E-state index in [2.05, 4.69) is 35.7 Å². The maximum absolute atomic E-state index is 4.37. The van der Waals surface area contributed by atoms with E-state index < -0.39 is 0 Å². The van der Waals surface area contributed by atoms with Crippen molar-refractivity contribution in [2.45, 2.75) is 6.54 Å². The molecule has 0 unspecified atom stereocenters. The molecular formula is C12H15N9. The van der Waals surface area contributed by atoms with Crippen LogP contribution in [0.1, 0.15) is 5.56 Å². The Morgan fingerprint density at radius 3 is 2.71 bits per heavy atom. The van der Waals surface area contributed by atoms with E-state index in [4.69, 9.17) is 0 Å². The zero-order valence-corrected chi connectivity index (χ0v) is 11.7. The maximum Gasteiger partial charge on any atom is 0.241 e. The highest BCUT2D eigenvalue weighted by Gasteiger charge is 2.07.